The predicted molar refractivity (Wildman–Crippen MR) is 175 cm³/mol. The van der Waals surface area contributed by atoms with Crippen LogP contribution in [0.4, 0.5) is 10.5 Å². The molecule has 2 heterocycles. The lowest BCUT2D eigenvalue weighted by atomic mass is 10.1. The number of carbonyl (C=O) groups is 2. The van der Waals surface area contributed by atoms with Crippen LogP contribution in [0.2, 0.25) is 34.8 Å². The number of allylic oxidation sites excluding steroid dienone is 2. The minimum atomic E-state index is -2.49. The minimum Gasteiger partial charge on any atom is -0.540 e. The highest BCUT2D eigenvalue weighted by molar-refractivity contribution is 6.78. The van der Waals surface area contributed by atoms with Gasteiger partial charge in [0.15, 0.2) is 20.3 Å². The van der Waals surface area contributed by atoms with Crippen molar-refractivity contribution in [3.05, 3.63) is 41.6 Å². The Morgan fingerprint density at radius 1 is 1.05 bits per heavy atom. The van der Waals surface area contributed by atoms with E-state index in [1.807, 2.05) is 25.3 Å². The molecular weight excluding hydrogens is 565 g/mol. The first kappa shape index (κ1) is 33.9. The van der Waals surface area contributed by atoms with E-state index < -0.39 is 35.0 Å². The van der Waals surface area contributed by atoms with Crippen LogP contribution in [0.15, 0.2) is 36.1 Å². The number of hydrogen-bond acceptors (Lipinski definition) is 5. The van der Waals surface area contributed by atoms with Crippen LogP contribution in [0.1, 0.15) is 86.0 Å². The second kappa shape index (κ2) is 12.2. The molecule has 234 valence electrons. The number of anilines is 1. The van der Waals surface area contributed by atoms with Crippen LogP contribution in [-0.4, -0.2) is 58.0 Å². The second-order valence-corrected chi connectivity index (χ2v) is 24.2. The molecule has 1 aromatic carbocycles. The summed E-state index contributed by atoms with van der Waals surface area (Å²) in [5, 5.41) is 10.6. The van der Waals surface area contributed by atoms with Gasteiger partial charge in [0.25, 0.3) is 14.2 Å². The molecule has 1 aromatic rings. The number of amides is 2. The average molecular weight is 617 g/mol. The zero-order valence-corrected chi connectivity index (χ0v) is 29.9. The molecule has 2 atom stereocenters. The van der Waals surface area contributed by atoms with Gasteiger partial charge in [-0.3, -0.25) is 4.79 Å². The van der Waals surface area contributed by atoms with Crippen molar-refractivity contribution in [3.8, 4) is 11.5 Å². The molecule has 0 saturated heterocycles. The Bertz CT molecular complexity index is 1230. The summed E-state index contributed by atoms with van der Waals surface area (Å²) >= 11 is 0. The molecule has 0 bridgehead atoms. The van der Waals surface area contributed by atoms with Crippen LogP contribution < -0.4 is 14.1 Å². The van der Waals surface area contributed by atoms with Gasteiger partial charge in [0.05, 0.1) is 24.4 Å². The third-order valence-electron chi connectivity index (χ3n) is 9.50. The normalized spacial score (nSPS) is 19.9. The van der Waals surface area contributed by atoms with Gasteiger partial charge in [0.1, 0.15) is 5.75 Å². The molecule has 10 heteroatoms. The van der Waals surface area contributed by atoms with Crippen molar-refractivity contribution in [1.82, 2.24) is 4.90 Å². The maximum Gasteiger partial charge on any atom is 0.414 e. The molecule has 2 unspecified atom stereocenters. The van der Waals surface area contributed by atoms with Gasteiger partial charge in [-0.2, -0.15) is 0 Å². The van der Waals surface area contributed by atoms with Crippen molar-refractivity contribution in [1.29, 1.82) is 0 Å². The largest absolute Gasteiger partial charge is 0.540 e. The zero-order valence-electron chi connectivity index (χ0n) is 27.9. The van der Waals surface area contributed by atoms with E-state index in [-0.39, 0.29) is 38.8 Å². The lowest BCUT2D eigenvalue weighted by Crippen LogP contribution is -2.57. The Morgan fingerprint density at radius 2 is 1.62 bits per heavy atom. The number of hydrogen-bond donors (Lipinski definition) is 1. The van der Waals surface area contributed by atoms with E-state index in [1.165, 1.54) is 4.90 Å². The number of ether oxygens (including phenoxy) is 1. The Morgan fingerprint density at radius 3 is 2.07 bits per heavy atom. The van der Waals surface area contributed by atoms with Crippen LogP contribution in [0, 0.1) is 0 Å². The third-order valence-corrected chi connectivity index (χ3v) is 19.9. The minimum absolute atomic E-state index is 0.176. The highest BCUT2D eigenvalue weighted by Gasteiger charge is 2.51. The summed E-state index contributed by atoms with van der Waals surface area (Å²) in [5.74, 6) is 0.604. The lowest BCUT2D eigenvalue weighted by molar-refractivity contribution is 0.0603. The molecule has 2 aliphatic rings. The summed E-state index contributed by atoms with van der Waals surface area (Å²) in [5.41, 5.74) is 2.32. The highest BCUT2D eigenvalue weighted by Crippen LogP contribution is 2.49. The number of carboxylic acid groups (broad SMARTS) is 1. The van der Waals surface area contributed by atoms with E-state index in [1.54, 1.807) is 24.1 Å². The molecule has 0 fully saturated rings. The maximum absolute atomic E-state index is 14.2. The number of methoxy groups -OCH3 is 1. The van der Waals surface area contributed by atoms with E-state index >= 15 is 0 Å². The fraction of sp³-hybridized carbons (Fsp3) is 0.625. The van der Waals surface area contributed by atoms with Crippen LogP contribution in [0.3, 0.4) is 0 Å². The summed E-state index contributed by atoms with van der Waals surface area (Å²) in [6.07, 6.45) is 4.12. The van der Waals surface area contributed by atoms with E-state index in [4.69, 9.17) is 13.6 Å². The fourth-order valence-corrected chi connectivity index (χ4v) is 12.9. The first-order valence-corrected chi connectivity index (χ1v) is 20.2. The molecule has 0 saturated carbocycles. The van der Waals surface area contributed by atoms with Crippen molar-refractivity contribution in [3.63, 3.8) is 0 Å². The molecule has 0 radical (unpaired) electrons. The molecule has 0 aromatic heterocycles. The summed E-state index contributed by atoms with van der Waals surface area (Å²) < 4.78 is 19.8. The van der Waals surface area contributed by atoms with Gasteiger partial charge in [-0.15, -0.1) is 0 Å². The van der Waals surface area contributed by atoms with E-state index in [2.05, 4.69) is 75.4 Å². The monoisotopic (exact) mass is 616 g/mol. The van der Waals surface area contributed by atoms with Gasteiger partial charge in [0.2, 0.25) is 0 Å². The molecule has 0 aliphatic carbocycles. The van der Waals surface area contributed by atoms with Crippen molar-refractivity contribution in [2.75, 3.05) is 12.0 Å². The molecule has 2 amide bonds. The number of rotatable bonds is 9. The number of fused-ring (bicyclic) bond motifs is 2. The van der Waals surface area contributed by atoms with Gasteiger partial charge >= 0.3 is 6.09 Å². The molecule has 42 heavy (non-hydrogen) atoms. The van der Waals surface area contributed by atoms with E-state index in [0.29, 0.717) is 17.9 Å². The van der Waals surface area contributed by atoms with Crippen molar-refractivity contribution >= 4 is 34.3 Å². The SMILES string of the molecule is CC=CC1=CN2C(=O)c3cc(OC)c(O[Si](C(C)C)(C(C)C)C(C)C)cc3N(C(=O)O)C(O[Si](C)(C)C(C)(C)C)C2C1. The Hall–Kier alpha value is -2.57. The molecule has 3 rings (SSSR count). The highest BCUT2D eigenvalue weighted by atomic mass is 28.4. The van der Waals surface area contributed by atoms with E-state index in [9.17, 15) is 14.7 Å². The first-order chi connectivity index (χ1) is 19.3. The number of nitrogens with zero attached hydrogens (tertiary/aromatic N) is 2. The van der Waals surface area contributed by atoms with Crippen LogP contribution >= 0.6 is 0 Å². The Balaban J connectivity index is 2.34. The zero-order chi connectivity index (χ0) is 31.9. The molecule has 2 aliphatic heterocycles. The molecular formula is C32H52N2O6Si2. The quantitative estimate of drug-likeness (QED) is 0.279. The topological polar surface area (TPSA) is 88.5 Å². The smallest absolute Gasteiger partial charge is 0.414 e. The summed E-state index contributed by atoms with van der Waals surface area (Å²) in [7, 11) is -3.38. The van der Waals surface area contributed by atoms with Gasteiger partial charge in [-0.25, -0.2) is 9.69 Å². The van der Waals surface area contributed by atoms with Crippen LogP contribution in [-0.2, 0) is 4.43 Å². The van der Waals surface area contributed by atoms with Gasteiger partial charge in [-0.05, 0) is 59.7 Å². The Kier molecular flexibility index (Phi) is 9.86. The summed E-state index contributed by atoms with van der Waals surface area (Å²) in [6.45, 7) is 25.7. The van der Waals surface area contributed by atoms with Gasteiger partial charge in [0, 0.05) is 12.3 Å². The van der Waals surface area contributed by atoms with Crippen LogP contribution in [0.25, 0.3) is 0 Å². The van der Waals surface area contributed by atoms with Crippen molar-refractivity contribution < 1.29 is 28.3 Å². The fourth-order valence-electron chi connectivity index (χ4n) is 6.41. The molecule has 1 N–H and O–H groups in total. The predicted octanol–water partition coefficient (Wildman–Crippen LogP) is 8.77. The lowest BCUT2D eigenvalue weighted by Gasteiger charge is -2.44. The number of benzene rings is 1. The first-order valence-electron chi connectivity index (χ1n) is 15.1. The van der Waals surface area contributed by atoms with Gasteiger partial charge < -0.3 is 23.6 Å². The molecule has 0 spiro atoms. The standard InChI is InChI=1S/C32H52N2O6Si2/c1-14-15-23-16-26-30(40-41(12,13)32(8,9)10)34(31(36)37)25-18-28(39-42(20(2)3,21(4)5)22(6)7)27(38-11)17-24(25)29(35)33(26)19-23/h14-15,17-22,26,30H,16H2,1-13H3,(H,36,37). The van der Waals surface area contributed by atoms with E-state index in [0.717, 1.165) is 5.57 Å². The second-order valence-electron chi connectivity index (χ2n) is 14.0. The summed E-state index contributed by atoms with van der Waals surface area (Å²) in [4.78, 5) is 30.4. The average Bonchev–Trinajstić information content (AvgIpc) is 3.25. The van der Waals surface area contributed by atoms with Crippen molar-refractivity contribution in [2.24, 2.45) is 0 Å². The Labute approximate surface area is 255 Å². The molecule has 8 nitrogen and oxygen atoms in total. The summed E-state index contributed by atoms with van der Waals surface area (Å²) in [6, 6.07) is 2.83. The van der Waals surface area contributed by atoms with Gasteiger partial charge in [-0.1, -0.05) is 74.5 Å². The third kappa shape index (κ3) is 5.94. The number of carbonyl (C=O) groups excluding carboxylic acids is 1. The maximum atomic E-state index is 14.2. The van der Waals surface area contributed by atoms with Crippen molar-refractivity contribution in [2.45, 2.75) is 123 Å². The van der Waals surface area contributed by atoms with Crippen LogP contribution in [0.5, 0.6) is 11.5 Å².